The number of ether oxygens (including phenoxy) is 2. The van der Waals surface area contributed by atoms with E-state index in [0.29, 0.717) is 12.2 Å². The molecule has 6 nitrogen and oxygen atoms in total. The number of aryl methyl sites for hydroxylation is 1. The molecule has 0 fully saturated rings. The Hall–Kier alpha value is -2.54. The second kappa shape index (κ2) is 8.71. The van der Waals surface area contributed by atoms with E-state index in [1.165, 1.54) is 32.4 Å². The summed E-state index contributed by atoms with van der Waals surface area (Å²) in [4.78, 5) is 11.2. The average molecular weight is 378 g/mol. The Morgan fingerprint density at radius 1 is 1.04 bits per heavy atom. The monoisotopic (exact) mass is 378 g/mol. The van der Waals surface area contributed by atoms with Gasteiger partial charge >= 0.3 is 5.97 Å². The Bertz CT molecular complexity index is 846. The number of rotatable bonds is 9. The molecule has 1 N–H and O–H groups in total. The van der Waals surface area contributed by atoms with Crippen molar-refractivity contribution in [2.75, 3.05) is 14.2 Å². The lowest BCUT2D eigenvalue weighted by atomic mass is 10.1. The number of aliphatic carboxylic acids is 1. The van der Waals surface area contributed by atoms with Gasteiger partial charge in [-0.15, -0.1) is 0 Å². The van der Waals surface area contributed by atoms with Gasteiger partial charge < -0.3 is 14.6 Å². The third-order valence-electron chi connectivity index (χ3n) is 4.12. The summed E-state index contributed by atoms with van der Waals surface area (Å²) in [6, 6.07) is 13.7. The molecule has 0 aliphatic rings. The van der Waals surface area contributed by atoms with Crippen LogP contribution in [0.5, 0.6) is 11.5 Å². The molecule has 0 amide bonds. The van der Waals surface area contributed by atoms with E-state index < -0.39 is 27.5 Å². The standard InChI is InChI=1S/C19H22O6S/c1-24-17-11-10-15(12-18(17)25-2)26(22,23)16(13-19(20)21)9-8-14-6-4-3-5-7-14/h3-7,10-12,16H,8-9,13H2,1-2H3,(H,20,21). The first kappa shape index (κ1) is 19.8. The highest BCUT2D eigenvalue weighted by Crippen LogP contribution is 2.32. The number of carboxylic acid groups (broad SMARTS) is 1. The van der Waals surface area contributed by atoms with Crippen molar-refractivity contribution in [3.63, 3.8) is 0 Å². The Labute approximate surface area is 153 Å². The molecule has 2 rings (SSSR count). The van der Waals surface area contributed by atoms with Crippen molar-refractivity contribution in [1.82, 2.24) is 0 Å². The molecule has 0 aromatic heterocycles. The van der Waals surface area contributed by atoms with Crippen molar-refractivity contribution in [3.8, 4) is 11.5 Å². The predicted molar refractivity (Wildman–Crippen MR) is 97.5 cm³/mol. The Morgan fingerprint density at radius 2 is 1.69 bits per heavy atom. The third kappa shape index (κ3) is 4.76. The lowest BCUT2D eigenvalue weighted by molar-refractivity contribution is -0.137. The van der Waals surface area contributed by atoms with Crippen LogP contribution in [-0.2, 0) is 21.1 Å². The van der Waals surface area contributed by atoms with Crippen molar-refractivity contribution < 1.29 is 27.8 Å². The number of methoxy groups -OCH3 is 2. The van der Waals surface area contributed by atoms with Crippen molar-refractivity contribution >= 4 is 15.8 Å². The number of hydrogen-bond acceptors (Lipinski definition) is 5. The van der Waals surface area contributed by atoms with Gasteiger partial charge in [0.1, 0.15) is 0 Å². The van der Waals surface area contributed by atoms with Gasteiger partial charge in [-0.1, -0.05) is 30.3 Å². The molecule has 2 aromatic rings. The molecule has 140 valence electrons. The van der Waals surface area contributed by atoms with Crippen molar-refractivity contribution in [2.45, 2.75) is 29.4 Å². The quantitative estimate of drug-likeness (QED) is 0.721. The summed E-state index contributed by atoms with van der Waals surface area (Å²) in [5.74, 6) is -0.455. The molecular formula is C19H22O6S. The number of sulfone groups is 1. The first-order chi connectivity index (χ1) is 12.4. The van der Waals surface area contributed by atoms with E-state index in [-0.39, 0.29) is 17.1 Å². The zero-order chi connectivity index (χ0) is 19.2. The molecule has 0 bridgehead atoms. The van der Waals surface area contributed by atoms with Crippen molar-refractivity contribution in [3.05, 3.63) is 54.1 Å². The highest BCUT2D eigenvalue weighted by atomic mass is 32.2. The second-order valence-electron chi connectivity index (χ2n) is 5.81. The smallest absolute Gasteiger partial charge is 0.304 e. The molecule has 1 atom stereocenters. The summed E-state index contributed by atoms with van der Waals surface area (Å²) in [5, 5.41) is 8.14. The van der Waals surface area contributed by atoms with Crippen LogP contribution in [0.15, 0.2) is 53.4 Å². The van der Waals surface area contributed by atoms with Crippen LogP contribution in [-0.4, -0.2) is 39.0 Å². The summed E-state index contributed by atoms with van der Waals surface area (Å²) in [7, 11) is -0.968. The Balaban J connectivity index is 2.31. The summed E-state index contributed by atoms with van der Waals surface area (Å²) >= 11 is 0. The summed E-state index contributed by atoms with van der Waals surface area (Å²) in [5.41, 5.74) is 0.963. The number of benzene rings is 2. The highest BCUT2D eigenvalue weighted by Gasteiger charge is 2.30. The summed E-state index contributed by atoms with van der Waals surface area (Å²) in [6.45, 7) is 0. The Kier molecular flexibility index (Phi) is 6.63. The topological polar surface area (TPSA) is 89.9 Å². The van der Waals surface area contributed by atoms with Crippen LogP contribution in [0.3, 0.4) is 0 Å². The van der Waals surface area contributed by atoms with Gasteiger partial charge in [0.05, 0.1) is 30.8 Å². The maximum Gasteiger partial charge on any atom is 0.304 e. The maximum absolute atomic E-state index is 13.0. The van der Waals surface area contributed by atoms with Gasteiger partial charge in [-0.25, -0.2) is 8.42 Å². The van der Waals surface area contributed by atoms with E-state index in [0.717, 1.165) is 5.56 Å². The number of carboxylic acids is 1. The largest absolute Gasteiger partial charge is 0.493 e. The zero-order valence-electron chi connectivity index (χ0n) is 14.7. The molecule has 0 aliphatic carbocycles. The van der Waals surface area contributed by atoms with E-state index in [1.807, 2.05) is 30.3 Å². The number of carbonyl (C=O) groups is 1. The van der Waals surface area contributed by atoms with E-state index in [2.05, 4.69) is 0 Å². The molecule has 0 saturated carbocycles. The van der Waals surface area contributed by atoms with Crippen LogP contribution in [0.4, 0.5) is 0 Å². The molecule has 0 heterocycles. The van der Waals surface area contributed by atoms with E-state index >= 15 is 0 Å². The van der Waals surface area contributed by atoms with Gasteiger partial charge in [-0.3, -0.25) is 4.79 Å². The molecule has 2 aromatic carbocycles. The first-order valence-corrected chi connectivity index (χ1v) is 9.64. The predicted octanol–water partition coefficient (Wildman–Crippen LogP) is 2.95. The highest BCUT2D eigenvalue weighted by molar-refractivity contribution is 7.92. The van der Waals surface area contributed by atoms with Gasteiger partial charge in [-0.05, 0) is 30.5 Å². The van der Waals surface area contributed by atoms with Crippen LogP contribution in [0.2, 0.25) is 0 Å². The lowest BCUT2D eigenvalue weighted by Crippen LogP contribution is -2.25. The normalized spacial score (nSPS) is 12.4. The maximum atomic E-state index is 13.0. The SMILES string of the molecule is COc1ccc(S(=O)(=O)C(CCc2ccccc2)CC(=O)O)cc1OC. The van der Waals surface area contributed by atoms with Crippen LogP contribution < -0.4 is 9.47 Å². The average Bonchev–Trinajstić information content (AvgIpc) is 2.64. The van der Waals surface area contributed by atoms with Gasteiger partial charge in [0.25, 0.3) is 0 Å². The molecule has 0 aliphatic heterocycles. The molecule has 26 heavy (non-hydrogen) atoms. The fraction of sp³-hybridized carbons (Fsp3) is 0.316. The van der Waals surface area contributed by atoms with Gasteiger partial charge in [0, 0.05) is 6.07 Å². The van der Waals surface area contributed by atoms with Gasteiger partial charge in [0.2, 0.25) is 0 Å². The van der Waals surface area contributed by atoms with Crippen LogP contribution >= 0.6 is 0 Å². The van der Waals surface area contributed by atoms with Crippen molar-refractivity contribution in [1.29, 1.82) is 0 Å². The Morgan fingerprint density at radius 3 is 2.27 bits per heavy atom. The molecule has 1 unspecified atom stereocenters. The minimum atomic E-state index is -3.84. The van der Waals surface area contributed by atoms with Crippen LogP contribution in [0.1, 0.15) is 18.4 Å². The third-order valence-corrected chi connectivity index (χ3v) is 6.31. The fourth-order valence-electron chi connectivity index (χ4n) is 2.72. The van der Waals surface area contributed by atoms with Gasteiger partial charge in [0.15, 0.2) is 21.3 Å². The van der Waals surface area contributed by atoms with E-state index in [4.69, 9.17) is 14.6 Å². The lowest BCUT2D eigenvalue weighted by Gasteiger charge is -2.17. The summed E-state index contributed by atoms with van der Waals surface area (Å²) < 4.78 is 36.3. The van der Waals surface area contributed by atoms with Crippen molar-refractivity contribution in [2.24, 2.45) is 0 Å². The molecule has 0 spiro atoms. The minimum absolute atomic E-state index is 0.0226. The van der Waals surface area contributed by atoms with Gasteiger partial charge in [-0.2, -0.15) is 0 Å². The van der Waals surface area contributed by atoms with Crippen LogP contribution in [0, 0.1) is 0 Å². The first-order valence-electron chi connectivity index (χ1n) is 8.10. The fourth-order valence-corrected chi connectivity index (χ4v) is 4.42. The van der Waals surface area contributed by atoms with E-state index in [9.17, 15) is 13.2 Å². The zero-order valence-corrected chi connectivity index (χ0v) is 15.5. The summed E-state index contributed by atoms with van der Waals surface area (Å²) in [6.07, 6.45) is 0.238. The number of hydrogen-bond donors (Lipinski definition) is 1. The molecule has 0 radical (unpaired) electrons. The second-order valence-corrected chi connectivity index (χ2v) is 8.03. The minimum Gasteiger partial charge on any atom is -0.493 e. The molecule has 7 heteroatoms. The van der Waals surface area contributed by atoms with E-state index in [1.54, 1.807) is 0 Å². The van der Waals surface area contributed by atoms with Crippen LogP contribution in [0.25, 0.3) is 0 Å². The molecular weight excluding hydrogens is 356 g/mol. The molecule has 0 saturated heterocycles.